The van der Waals surface area contributed by atoms with E-state index < -0.39 is 0 Å². The van der Waals surface area contributed by atoms with Crippen molar-refractivity contribution in [2.24, 2.45) is 5.92 Å². The second kappa shape index (κ2) is 3.48. The highest BCUT2D eigenvalue weighted by Crippen LogP contribution is 2.32. The Bertz CT molecular complexity index is 271. The summed E-state index contributed by atoms with van der Waals surface area (Å²) in [4.78, 5) is 0. The third-order valence-electron chi connectivity index (χ3n) is 2.56. The Labute approximate surface area is 78.2 Å². The molecule has 2 rings (SSSR count). The first-order valence-electron chi connectivity index (χ1n) is 4.63. The van der Waals surface area contributed by atoms with Gasteiger partial charge in [-0.2, -0.15) is 0 Å². The van der Waals surface area contributed by atoms with E-state index in [4.69, 9.17) is 4.74 Å². The molecular weight excluding hydrogens is 164 g/mol. The number of benzene rings is 1. The lowest BCUT2D eigenvalue weighted by molar-refractivity contribution is 0.0389. The first-order chi connectivity index (χ1) is 6.29. The van der Waals surface area contributed by atoms with Crippen LogP contribution in [0.15, 0.2) is 30.3 Å². The Morgan fingerprint density at radius 1 is 1.31 bits per heavy atom. The SMILES string of the molecule is CC1COC(c2ccccc2)C1O. The average Bonchev–Trinajstić information content (AvgIpc) is 2.49. The largest absolute Gasteiger partial charge is 0.390 e. The van der Waals surface area contributed by atoms with Gasteiger partial charge in [0.1, 0.15) is 6.10 Å². The first-order valence-corrected chi connectivity index (χ1v) is 4.63. The van der Waals surface area contributed by atoms with Crippen LogP contribution in [0.3, 0.4) is 0 Å². The van der Waals surface area contributed by atoms with Crippen molar-refractivity contribution in [1.82, 2.24) is 0 Å². The van der Waals surface area contributed by atoms with Crippen LogP contribution in [-0.4, -0.2) is 17.8 Å². The minimum Gasteiger partial charge on any atom is -0.390 e. The van der Waals surface area contributed by atoms with Crippen LogP contribution in [0.1, 0.15) is 18.6 Å². The summed E-state index contributed by atoms with van der Waals surface area (Å²) in [5.74, 6) is 0.241. The van der Waals surface area contributed by atoms with E-state index in [0.29, 0.717) is 6.61 Å². The molecule has 1 aliphatic rings. The van der Waals surface area contributed by atoms with Gasteiger partial charge in [-0.15, -0.1) is 0 Å². The van der Waals surface area contributed by atoms with Crippen LogP contribution in [0.5, 0.6) is 0 Å². The smallest absolute Gasteiger partial charge is 0.109 e. The fourth-order valence-corrected chi connectivity index (χ4v) is 1.69. The van der Waals surface area contributed by atoms with Crippen molar-refractivity contribution in [1.29, 1.82) is 0 Å². The lowest BCUT2D eigenvalue weighted by atomic mass is 9.99. The van der Waals surface area contributed by atoms with E-state index >= 15 is 0 Å². The highest BCUT2D eigenvalue weighted by atomic mass is 16.5. The van der Waals surface area contributed by atoms with E-state index in [1.807, 2.05) is 37.3 Å². The number of hydrogen-bond donors (Lipinski definition) is 1. The van der Waals surface area contributed by atoms with E-state index in [9.17, 15) is 5.11 Å². The molecule has 2 nitrogen and oxygen atoms in total. The molecule has 0 saturated carbocycles. The molecule has 2 heteroatoms. The maximum Gasteiger partial charge on any atom is 0.109 e. The van der Waals surface area contributed by atoms with Crippen molar-refractivity contribution in [3.05, 3.63) is 35.9 Å². The number of aliphatic hydroxyl groups excluding tert-OH is 1. The van der Waals surface area contributed by atoms with Gasteiger partial charge in [0.2, 0.25) is 0 Å². The van der Waals surface area contributed by atoms with Gasteiger partial charge in [0.05, 0.1) is 12.7 Å². The monoisotopic (exact) mass is 178 g/mol. The van der Waals surface area contributed by atoms with Gasteiger partial charge in [0.15, 0.2) is 0 Å². The van der Waals surface area contributed by atoms with Gasteiger partial charge in [0.25, 0.3) is 0 Å². The molecular formula is C11H14O2. The summed E-state index contributed by atoms with van der Waals surface area (Å²) in [7, 11) is 0. The van der Waals surface area contributed by atoms with Gasteiger partial charge >= 0.3 is 0 Å². The third kappa shape index (κ3) is 1.60. The maximum absolute atomic E-state index is 9.79. The van der Waals surface area contributed by atoms with Gasteiger partial charge in [-0.3, -0.25) is 0 Å². The van der Waals surface area contributed by atoms with Crippen molar-refractivity contribution in [3.8, 4) is 0 Å². The second-order valence-electron chi connectivity index (χ2n) is 3.63. The Morgan fingerprint density at radius 2 is 2.00 bits per heavy atom. The summed E-state index contributed by atoms with van der Waals surface area (Å²) in [6, 6.07) is 9.88. The summed E-state index contributed by atoms with van der Waals surface area (Å²) in [5.41, 5.74) is 1.07. The van der Waals surface area contributed by atoms with Gasteiger partial charge in [-0.25, -0.2) is 0 Å². The zero-order chi connectivity index (χ0) is 9.26. The molecule has 1 fully saturated rings. The standard InChI is InChI=1S/C11H14O2/c1-8-7-13-11(10(8)12)9-5-3-2-4-6-9/h2-6,8,10-12H,7H2,1H3. The van der Waals surface area contributed by atoms with Crippen LogP contribution in [-0.2, 0) is 4.74 Å². The van der Waals surface area contributed by atoms with Crippen LogP contribution < -0.4 is 0 Å². The van der Waals surface area contributed by atoms with Crippen molar-refractivity contribution >= 4 is 0 Å². The minimum atomic E-state index is -0.359. The lowest BCUT2D eigenvalue weighted by Crippen LogP contribution is -2.18. The molecule has 1 aliphatic heterocycles. The number of rotatable bonds is 1. The van der Waals surface area contributed by atoms with Gasteiger partial charge in [-0.05, 0) is 5.56 Å². The molecule has 0 radical (unpaired) electrons. The van der Waals surface area contributed by atoms with E-state index in [2.05, 4.69) is 0 Å². The van der Waals surface area contributed by atoms with Crippen molar-refractivity contribution in [2.75, 3.05) is 6.61 Å². The molecule has 1 aromatic rings. The molecule has 0 aromatic heterocycles. The van der Waals surface area contributed by atoms with Crippen LogP contribution in [0, 0.1) is 5.92 Å². The first kappa shape index (κ1) is 8.73. The molecule has 0 spiro atoms. The molecule has 1 N–H and O–H groups in total. The summed E-state index contributed by atoms with van der Waals surface area (Å²) >= 11 is 0. The van der Waals surface area contributed by atoms with Crippen LogP contribution in [0.25, 0.3) is 0 Å². The number of hydrogen-bond acceptors (Lipinski definition) is 2. The quantitative estimate of drug-likeness (QED) is 0.710. The Morgan fingerprint density at radius 3 is 2.54 bits per heavy atom. The Hall–Kier alpha value is -0.860. The number of aliphatic hydroxyl groups is 1. The molecule has 1 heterocycles. The molecule has 13 heavy (non-hydrogen) atoms. The highest BCUT2D eigenvalue weighted by molar-refractivity contribution is 5.19. The van der Waals surface area contributed by atoms with Crippen molar-refractivity contribution in [3.63, 3.8) is 0 Å². The van der Waals surface area contributed by atoms with Gasteiger partial charge < -0.3 is 9.84 Å². The van der Waals surface area contributed by atoms with E-state index in [1.165, 1.54) is 0 Å². The van der Waals surface area contributed by atoms with Crippen LogP contribution in [0.4, 0.5) is 0 Å². The molecule has 0 amide bonds. The molecule has 1 aromatic carbocycles. The molecule has 70 valence electrons. The fourth-order valence-electron chi connectivity index (χ4n) is 1.69. The normalized spacial score (nSPS) is 33.5. The topological polar surface area (TPSA) is 29.5 Å². The third-order valence-corrected chi connectivity index (χ3v) is 2.56. The van der Waals surface area contributed by atoms with Gasteiger partial charge in [0, 0.05) is 5.92 Å². The molecule has 0 bridgehead atoms. The molecule has 0 aliphatic carbocycles. The molecule has 3 atom stereocenters. The number of ether oxygens (including phenoxy) is 1. The zero-order valence-corrected chi connectivity index (χ0v) is 7.68. The van der Waals surface area contributed by atoms with Crippen LogP contribution >= 0.6 is 0 Å². The average molecular weight is 178 g/mol. The fraction of sp³-hybridized carbons (Fsp3) is 0.455. The molecule has 1 saturated heterocycles. The van der Waals surface area contributed by atoms with Crippen molar-refractivity contribution < 1.29 is 9.84 Å². The van der Waals surface area contributed by atoms with Crippen molar-refractivity contribution in [2.45, 2.75) is 19.1 Å². The van der Waals surface area contributed by atoms with Gasteiger partial charge in [-0.1, -0.05) is 37.3 Å². The maximum atomic E-state index is 9.79. The second-order valence-corrected chi connectivity index (χ2v) is 3.63. The van der Waals surface area contributed by atoms with Crippen LogP contribution in [0.2, 0.25) is 0 Å². The zero-order valence-electron chi connectivity index (χ0n) is 7.68. The predicted octanol–water partition coefficient (Wildman–Crippen LogP) is 1.75. The summed E-state index contributed by atoms with van der Waals surface area (Å²) in [5, 5.41) is 9.79. The Balaban J connectivity index is 2.19. The summed E-state index contributed by atoms with van der Waals surface area (Å²) in [6.45, 7) is 2.66. The summed E-state index contributed by atoms with van der Waals surface area (Å²) < 4.78 is 5.51. The highest BCUT2D eigenvalue weighted by Gasteiger charge is 2.33. The van der Waals surface area contributed by atoms with E-state index in [0.717, 1.165) is 5.56 Å². The molecule has 3 unspecified atom stereocenters. The predicted molar refractivity (Wildman–Crippen MR) is 50.3 cm³/mol. The minimum absolute atomic E-state index is 0.129. The van der Waals surface area contributed by atoms with E-state index in [1.54, 1.807) is 0 Å². The lowest BCUT2D eigenvalue weighted by Gasteiger charge is -2.15. The summed E-state index contributed by atoms with van der Waals surface area (Å²) in [6.07, 6.45) is -0.487. The van der Waals surface area contributed by atoms with E-state index in [-0.39, 0.29) is 18.1 Å². The Kier molecular flexibility index (Phi) is 2.34.